The van der Waals surface area contributed by atoms with Crippen molar-refractivity contribution in [2.45, 2.75) is 32.4 Å². The third-order valence-electron chi connectivity index (χ3n) is 5.32. The van der Waals surface area contributed by atoms with Gasteiger partial charge in [0.25, 0.3) is 0 Å². The molecule has 1 atom stereocenters. The van der Waals surface area contributed by atoms with Crippen LogP contribution in [0, 0.1) is 0 Å². The second-order valence-electron chi connectivity index (χ2n) is 7.62. The SMILES string of the molecule is CCCCNCN(C)c1ccc2nc(-c3ccc(N4CCC(F)C4)nc3)sc2c1. The number of aromatic nitrogens is 2. The number of benzene rings is 1. The van der Waals surface area contributed by atoms with Crippen LogP contribution in [0.2, 0.25) is 0 Å². The van der Waals surface area contributed by atoms with Crippen molar-refractivity contribution in [3.8, 4) is 10.6 Å². The Bertz CT molecular complexity index is 942. The number of alkyl halides is 1. The Labute approximate surface area is 175 Å². The summed E-state index contributed by atoms with van der Waals surface area (Å²) in [7, 11) is 2.10. The van der Waals surface area contributed by atoms with Gasteiger partial charge in [0, 0.05) is 31.0 Å². The Hall–Kier alpha value is -2.25. The molecule has 1 aliphatic heterocycles. The lowest BCUT2D eigenvalue weighted by Gasteiger charge is -2.19. The molecule has 0 saturated carbocycles. The monoisotopic (exact) mass is 413 g/mol. The van der Waals surface area contributed by atoms with Crippen molar-refractivity contribution < 1.29 is 4.39 Å². The molecule has 0 radical (unpaired) electrons. The summed E-state index contributed by atoms with van der Waals surface area (Å²) in [5, 5.41) is 4.44. The molecular weight excluding hydrogens is 385 g/mol. The molecule has 4 rings (SSSR count). The standard InChI is InChI=1S/C22H28FN5S/c1-3-4-10-24-15-27(2)18-6-7-19-20(12-18)29-22(26-19)16-5-8-21(25-13-16)28-11-9-17(23)14-28/h5-8,12-13,17,24H,3-4,9-11,14-15H2,1-2H3. The highest BCUT2D eigenvalue weighted by Gasteiger charge is 2.22. The summed E-state index contributed by atoms with van der Waals surface area (Å²) in [6, 6.07) is 10.4. The summed E-state index contributed by atoms with van der Waals surface area (Å²) in [5.41, 5.74) is 3.19. The van der Waals surface area contributed by atoms with Crippen molar-refractivity contribution in [2.75, 3.05) is 43.2 Å². The van der Waals surface area contributed by atoms with E-state index in [1.165, 1.54) is 23.2 Å². The van der Waals surface area contributed by atoms with E-state index < -0.39 is 6.17 Å². The second-order valence-corrected chi connectivity index (χ2v) is 8.65. The number of fused-ring (bicyclic) bond motifs is 1. The van der Waals surface area contributed by atoms with Gasteiger partial charge in [0.1, 0.15) is 17.0 Å². The third kappa shape index (κ3) is 4.67. The van der Waals surface area contributed by atoms with Gasteiger partial charge in [-0.25, -0.2) is 14.4 Å². The highest BCUT2D eigenvalue weighted by molar-refractivity contribution is 7.21. The van der Waals surface area contributed by atoms with E-state index in [2.05, 4.69) is 47.4 Å². The number of anilines is 2. The van der Waals surface area contributed by atoms with Crippen LogP contribution in [0.5, 0.6) is 0 Å². The topological polar surface area (TPSA) is 44.3 Å². The molecule has 7 heteroatoms. The Morgan fingerprint density at radius 3 is 2.93 bits per heavy atom. The summed E-state index contributed by atoms with van der Waals surface area (Å²) in [6.07, 6.45) is 4.10. The van der Waals surface area contributed by atoms with Crippen molar-refractivity contribution >= 4 is 33.1 Å². The van der Waals surface area contributed by atoms with Crippen molar-refractivity contribution in [2.24, 2.45) is 0 Å². The minimum absolute atomic E-state index is 0.442. The summed E-state index contributed by atoms with van der Waals surface area (Å²) in [6.45, 7) is 5.25. The number of hydrogen-bond acceptors (Lipinski definition) is 6. The summed E-state index contributed by atoms with van der Waals surface area (Å²) < 4.78 is 14.6. The van der Waals surface area contributed by atoms with E-state index in [0.29, 0.717) is 13.0 Å². The van der Waals surface area contributed by atoms with Crippen molar-refractivity contribution in [1.29, 1.82) is 0 Å². The lowest BCUT2D eigenvalue weighted by molar-refractivity contribution is 0.364. The van der Waals surface area contributed by atoms with Crippen LogP contribution >= 0.6 is 11.3 Å². The lowest BCUT2D eigenvalue weighted by Crippen LogP contribution is -2.31. The molecule has 1 fully saturated rings. The van der Waals surface area contributed by atoms with E-state index in [4.69, 9.17) is 4.98 Å². The van der Waals surface area contributed by atoms with Crippen LogP contribution < -0.4 is 15.1 Å². The Kier molecular flexibility index (Phi) is 6.25. The molecule has 1 saturated heterocycles. The van der Waals surface area contributed by atoms with Gasteiger partial charge in [0.05, 0.1) is 23.4 Å². The van der Waals surface area contributed by atoms with Crippen LogP contribution in [0.3, 0.4) is 0 Å². The number of hydrogen-bond donors (Lipinski definition) is 1. The van der Waals surface area contributed by atoms with Crippen LogP contribution in [0.15, 0.2) is 36.5 Å². The van der Waals surface area contributed by atoms with Gasteiger partial charge in [-0.05, 0) is 49.7 Å². The minimum Gasteiger partial charge on any atom is -0.362 e. The maximum absolute atomic E-state index is 13.4. The van der Waals surface area contributed by atoms with E-state index in [-0.39, 0.29) is 0 Å². The van der Waals surface area contributed by atoms with Gasteiger partial charge in [-0.1, -0.05) is 13.3 Å². The first kappa shape index (κ1) is 20.0. The van der Waals surface area contributed by atoms with Crippen LogP contribution in [0.1, 0.15) is 26.2 Å². The smallest absolute Gasteiger partial charge is 0.128 e. The molecule has 3 heterocycles. The molecule has 1 N–H and O–H groups in total. The van der Waals surface area contributed by atoms with E-state index in [1.54, 1.807) is 11.3 Å². The minimum atomic E-state index is -0.741. The molecular formula is C22H28FN5S. The van der Waals surface area contributed by atoms with Gasteiger partial charge in [-0.15, -0.1) is 11.3 Å². The van der Waals surface area contributed by atoms with E-state index in [1.807, 2.05) is 23.2 Å². The molecule has 0 bridgehead atoms. The van der Waals surface area contributed by atoms with Gasteiger partial charge in [-0.3, -0.25) is 5.32 Å². The highest BCUT2D eigenvalue weighted by atomic mass is 32.1. The zero-order valence-electron chi connectivity index (χ0n) is 17.1. The van der Waals surface area contributed by atoms with Crippen LogP contribution in [-0.4, -0.2) is 49.5 Å². The first-order valence-corrected chi connectivity index (χ1v) is 11.1. The largest absolute Gasteiger partial charge is 0.362 e. The third-order valence-corrected chi connectivity index (χ3v) is 6.39. The van der Waals surface area contributed by atoms with Crippen molar-refractivity contribution in [3.05, 3.63) is 36.5 Å². The fourth-order valence-corrected chi connectivity index (χ4v) is 4.53. The molecule has 1 aromatic carbocycles. The molecule has 29 heavy (non-hydrogen) atoms. The number of rotatable bonds is 8. The molecule has 2 aromatic heterocycles. The highest BCUT2D eigenvalue weighted by Crippen LogP contribution is 2.33. The number of thiazole rings is 1. The molecule has 0 spiro atoms. The second kappa shape index (κ2) is 9.05. The average Bonchev–Trinajstić information content (AvgIpc) is 3.37. The Morgan fingerprint density at radius 2 is 2.21 bits per heavy atom. The number of unbranched alkanes of at least 4 members (excludes halogenated alkanes) is 1. The van der Waals surface area contributed by atoms with Gasteiger partial charge < -0.3 is 9.80 Å². The fraction of sp³-hybridized carbons (Fsp3) is 0.455. The van der Waals surface area contributed by atoms with Crippen LogP contribution in [0.4, 0.5) is 15.9 Å². The molecule has 154 valence electrons. The summed E-state index contributed by atoms with van der Waals surface area (Å²) in [4.78, 5) is 13.6. The van der Waals surface area contributed by atoms with Crippen LogP contribution in [0.25, 0.3) is 20.8 Å². The van der Waals surface area contributed by atoms with E-state index >= 15 is 0 Å². The van der Waals surface area contributed by atoms with Gasteiger partial charge in [0.2, 0.25) is 0 Å². The fourth-order valence-electron chi connectivity index (χ4n) is 3.54. The van der Waals surface area contributed by atoms with Crippen molar-refractivity contribution in [3.63, 3.8) is 0 Å². The Morgan fingerprint density at radius 1 is 1.31 bits per heavy atom. The molecule has 1 aliphatic rings. The molecule has 1 unspecified atom stereocenters. The van der Waals surface area contributed by atoms with Gasteiger partial charge >= 0.3 is 0 Å². The van der Waals surface area contributed by atoms with E-state index in [9.17, 15) is 4.39 Å². The zero-order valence-corrected chi connectivity index (χ0v) is 17.9. The predicted octanol–water partition coefficient (Wildman–Crippen LogP) is 4.69. The maximum atomic E-state index is 13.4. The normalized spacial score (nSPS) is 16.7. The predicted molar refractivity (Wildman–Crippen MR) is 121 cm³/mol. The van der Waals surface area contributed by atoms with Gasteiger partial charge in [-0.2, -0.15) is 0 Å². The maximum Gasteiger partial charge on any atom is 0.128 e. The average molecular weight is 414 g/mol. The number of pyridine rings is 1. The number of halogens is 1. The van der Waals surface area contributed by atoms with Gasteiger partial charge in [0.15, 0.2) is 0 Å². The zero-order chi connectivity index (χ0) is 20.2. The Balaban J connectivity index is 1.47. The van der Waals surface area contributed by atoms with E-state index in [0.717, 1.165) is 41.7 Å². The van der Waals surface area contributed by atoms with Crippen molar-refractivity contribution in [1.82, 2.24) is 15.3 Å². The number of nitrogens with one attached hydrogen (secondary N) is 1. The molecule has 5 nitrogen and oxygen atoms in total. The molecule has 3 aromatic rings. The summed E-state index contributed by atoms with van der Waals surface area (Å²) >= 11 is 1.68. The first-order valence-electron chi connectivity index (χ1n) is 10.3. The molecule has 0 amide bonds. The number of nitrogens with zero attached hydrogens (tertiary/aromatic N) is 4. The molecule has 0 aliphatic carbocycles. The first-order chi connectivity index (χ1) is 14.1. The van der Waals surface area contributed by atoms with Crippen LogP contribution in [-0.2, 0) is 0 Å². The summed E-state index contributed by atoms with van der Waals surface area (Å²) in [5.74, 6) is 0.842. The lowest BCUT2D eigenvalue weighted by atomic mass is 10.2. The quantitative estimate of drug-likeness (QED) is 0.429.